The van der Waals surface area contributed by atoms with Gasteiger partial charge in [0.1, 0.15) is 5.75 Å². The van der Waals surface area contributed by atoms with Crippen LogP contribution in [-0.2, 0) is 11.2 Å². The third-order valence-corrected chi connectivity index (χ3v) is 3.74. The van der Waals surface area contributed by atoms with Gasteiger partial charge >= 0.3 is 5.97 Å². The van der Waals surface area contributed by atoms with E-state index in [4.69, 9.17) is 4.74 Å². The van der Waals surface area contributed by atoms with Crippen molar-refractivity contribution in [1.82, 2.24) is 0 Å². The zero-order valence-corrected chi connectivity index (χ0v) is 10.6. The minimum Gasteiger partial charge on any atom is -0.496 e. The SMILES string of the molecule is CCc1cc(C(O)C2(C(=O)O)CC2)ccc1OC. The highest BCUT2D eigenvalue weighted by Crippen LogP contribution is 2.55. The van der Waals surface area contributed by atoms with Gasteiger partial charge in [-0.2, -0.15) is 0 Å². The van der Waals surface area contributed by atoms with Gasteiger partial charge in [-0.15, -0.1) is 0 Å². The Morgan fingerprint density at radius 2 is 2.17 bits per heavy atom. The number of hydrogen-bond acceptors (Lipinski definition) is 3. The van der Waals surface area contributed by atoms with E-state index in [0.29, 0.717) is 18.4 Å². The van der Waals surface area contributed by atoms with Crippen molar-refractivity contribution in [3.05, 3.63) is 29.3 Å². The van der Waals surface area contributed by atoms with E-state index in [0.717, 1.165) is 17.7 Å². The van der Waals surface area contributed by atoms with Gasteiger partial charge in [0, 0.05) is 0 Å². The van der Waals surface area contributed by atoms with Gasteiger partial charge in [-0.1, -0.05) is 13.0 Å². The lowest BCUT2D eigenvalue weighted by atomic mass is 9.91. The number of benzene rings is 1. The minimum atomic E-state index is -0.973. The highest BCUT2D eigenvalue weighted by atomic mass is 16.5. The molecular formula is C14H18O4. The minimum absolute atomic E-state index is 0.539. The molecule has 2 N–H and O–H groups in total. The lowest BCUT2D eigenvalue weighted by molar-refractivity contribution is -0.148. The molecule has 1 aromatic carbocycles. The first-order chi connectivity index (χ1) is 8.55. The molecule has 1 saturated carbocycles. The molecule has 4 nitrogen and oxygen atoms in total. The van der Waals surface area contributed by atoms with Gasteiger partial charge in [0.15, 0.2) is 0 Å². The highest BCUT2D eigenvalue weighted by Gasteiger charge is 2.56. The van der Waals surface area contributed by atoms with Gasteiger partial charge in [0.05, 0.1) is 18.6 Å². The van der Waals surface area contributed by atoms with E-state index in [9.17, 15) is 15.0 Å². The molecule has 1 aromatic rings. The molecule has 4 heteroatoms. The van der Waals surface area contributed by atoms with Crippen molar-refractivity contribution < 1.29 is 19.7 Å². The summed E-state index contributed by atoms with van der Waals surface area (Å²) in [7, 11) is 1.60. The fourth-order valence-corrected chi connectivity index (χ4v) is 2.30. The number of aliphatic carboxylic acids is 1. The van der Waals surface area contributed by atoms with Crippen LogP contribution < -0.4 is 4.74 Å². The molecule has 0 aromatic heterocycles. The Balaban J connectivity index is 2.32. The second-order valence-electron chi connectivity index (χ2n) is 4.79. The first kappa shape index (κ1) is 12.9. The molecule has 1 fully saturated rings. The summed E-state index contributed by atoms with van der Waals surface area (Å²) in [6, 6.07) is 5.37. The summed E-state index contributed by atoms with van der Waals surface area (Å²) in [6.45, 7) is 2.00. The van der Waals surface area contributed by atoms with Crippen molar-refractivity contribution in [2.24, 2.45) is 5.41 Å². The van der Waals surface area contributed by atoms with E-state index in [1.165, 1.54) is 0 Å². The predicted molar refractivity (Wildman–Crippen MR) is 66.6 cm³/mol. The van der Waals surface area contributed by atoms with Crippen LogP contribution in [-0.4, -0.2) is 23.3 Å². The van der Waals surface area contributed by atoms with E-state index < -0.39 is 17.5 Å². The number of hydrogen-bond donors (Lipinski definition) is 2. The molecule has 0 spiro atoms. The zero-order valence-electron chi connectivity index (χ0n) is 10.6. The number of carboxylic acids is 1. The Morgan fingerprint density at radius 3 is 2.61 bits per heavy atom. The van der Waals surface area contributed by atoms with Crippen LogP contribution in [0.1, 0.15) is 37.0 Å². The highest BCUT2D eigenvalue weighted by molar-refractivity contribution is 5.79. The van der Waals surface area contributed by atoms with Crippen LogP contribution in [0, 0.1) is 5.41 Å². The van der Waals surface area contributed by atoms with Crippen molar-refractivity contribution >= 4 is 5.97 Å². The number of carbonyl (C=O) groups is 1. The van der Waals surface area contributed by atoms with E-state index in [2.05, 4.69) is 0 Å². The molecule has 0 saturated heterocycles. The van der Waals surface area contributed by atoms with E-state index in [-0.39, 0.29) is 0 Å². The number of aliphatic hydroxyl groups excluding tert-OH is 1. The fraction of sp³-hybridized carbons (Fsp3) is 0.500. The fourth-order valence-electron chi connectivity index (χ4n) is 2.30. The van der Waals surface area contributed by atoms with E-state index >= 15 is 0 Å². The third-order valence-electron chi connectivity index (χ3n) is 3.74. The zero-order chi connectivity index (χ0) is 13.3. The Labute approximate surface area is 106 Å². The van der Waals surface area contributed by atoms with Gasteiger partial charge in [0.2, 0.25) is 0 Å². The van der Waals surface area contributed by atoms with Gasteiger partial charge in [-0.3, -0.25) is 4.79 Å². The first-order valence-corrected chi connectivity index (χ1v) is 6.13. The lowest BCUT2D eigenvalue weighted by Gasteiger charge is -2.19. The van der Waals surface area contributed by atoms with Crippen LogP contribution in [0.3, 0.4) is 0 Å². The summed E-state index contributed by atoms with van der Waals surface area (Å²) in [5.41, 5.74) is 0.669. The predicted octanol–water partition coefficient (Wildman–Crippen LogP) is 2.16. The lowest BCUT2D eigenvalue weighted by Crippen LogP contribution is -2.23. The van der Waals surface area contributed by atoms with Crippen molar-refractivity contribution in [1.29, 1.82) is 0 Å². The maximum Gasteiger partial charge on any atom is 0.312 e. The quantitative estimate of drug-likeness (QED) is 0.840. The Bertz CT molecular complexity index is 463. The average molecular weight is 250 g/mol. The molecule has 18 heavy (non-hydrogen) atoms. The molecule has 1 aliphatic carbocycles. The molecule has 1 aliphatic rings. The molecule has 0 radical (unpaired) electrons. The molecule has 98 valence electrons. The van der Waals surface area contributed by atoms with E-state index in [1.807, 2.05) is 13.0 Å². The van der Waals surface area contributed by atoms with Crippen molar-refractivity contribution in [2.75, 3.05) is 7.11 Å². The van der Waals surface area contributed by atoms with Gasteiger partial charge in [0.25, 0.3) is 0 Å². The van der Waals surface area contributed by atoms with Crippen molar-refractivity contribution in [3.8, 4) is 5.75 Å². The third kappa shape index (κ3) is 1.97. The molecule has 0 bridgehead atoms. The van der Waals surface area contributed by atoms with Gasteiger partial charge in [-0.05, 0) is 42.5 Å². The maximum absolute atomic E-state index is 11.2. The molecule has 2 rings (SSSR count). The standard InChI is InChI=1S/C14H18O4/c1-3-9-8-10(4-5-11(9)18-2)12(15)14(6-7-14)13(16)17/h4-5,8,12,15H,3,6-7H2,1-2H3,(H,16,17). The number of aryl methyl sites for hydroxylation is 1. The number of aliphatic hydroxyl groups is 1. The smallest absolute Gasteiger partial charge is 0.312 e. The molecule has 1 unspecified atom stereocenters. The van der Waals surface area contributed by atoms with Crippen LogP contribution in [0.15, 0.2) is 18.2 Å². The maximum atomic E-state index is 11.2. The summed E-state index contributed by atoms with van der Waals surface area (Å²) < 4.78 is 5.22. The number of methoxy groups -OCH3 is 1. The topological polar surface area (TPSA) is 66.8 Å². The normalized spacial score (nSPS) is 18.2. The average Bonchev–Trinajstić information content (AvgIpc) is 3.18. The summed E-state index contributed by atoms with van der Waals surface area (Å²) >= 11 is 0. The summed E-state index contributed by atoms with van der Waals surface area (Å²) in [5, 5.41) is 19.4. The Hall–Kier alpha value is -1.55. The molecular weight excluding hydrogens is 232 g/mol. The van der Waals surface area contributed by atoms with Crippen LogP contribution in [0.2, 0.25) is 0 Å². The Kier molecular flexibility index (Phi) is 3.30. The van der Waals surface area contributed by atoms with Crippen LogP contribution in [0.25, 0.3) is 0 Å². The van der Waals surface area contributed by atoms with E-state index in [1.54, 1.807) is 19.2 Å². The van der Waals surface area contributed by atoms with Gasteiger partial charge in [-0.25, -0.2) is 0 Å². The van der Waals surface area contributed by atoms with Crippen molar-refractivity contribution in [2.45, 2.75) is 32.3 Å². The van der Waals surface area contributed by atoms with Crippen LogP contribution in [0.4, 0.5) is 0 Å². The summed E-state index contributed by atoms with van der Waals surface area (Å²) in [5.74, 6) is -0.141. The largest absolute Gasteiger partial charge is 0.496 e. The van der Waals surface area contributed by atoms with Crippen molar-refractivity contribution in [3.63, 3.8) is 0 Å². The molecule has 0 heterocycles. The van der Waals surface area contributed by atoms with Gasteiger partial charge < -0.3 is 14.9 Å². The first-order valence-electron chi connectivity index (χ1n) is 6.13. The summed E-state index contributed by atoms with van der Waals surface area (Å²) in [4.78, 5) is 11.2. The number of rotatable bonds is 5. The monoisotopic (exact) mass is 250 g/mol. The second-order valence-corrected chi connectivity index (χ2v) is 4.79. The molecule has 0 aliphatic heterocycles. The molecule has 0 amide bonds. The van der Waals surface area contributed by atoms with Crippen LogP contribution in [0.5, 0.6) is 5.75 Å². The molecule has 1 atom stereocenters. The second kappa shape index (κ2) is 4.61. The number of ether oxygens (including phenoxy) is 1. The Morgan fingerprint density at radius 1 is 1.50 bits per heavy atom. The van der Waals surface area contributed by atoms with Crippen LogP contribution >= 0.6 is 0 Å². The summed E-state index contributed by atoms with van der Waals surface area (Å²) in [6.07, 6.45) is 0.920. The number of carboxylic acid groups (broad SMARTS) is 1.